The normalized spacial score (nSPS) is 13.1. The SMILES string of the molecule is CC(C)Sc1nc2ccc(NCC(O)CCl)cc2s1. The average Bonchev–Trinajstić information content (AvgIpc) is 2.76. The molecule has 0 spiro atoms. The fourth-order valence-corrected chi connectivity index (χ4v) is 3.99. The molecule has 0 saturated heterocycles. The molecule has 19 heavy (non-hydrogen) atoms. The lowest BCUT2D eigenvalue weighted by Crippen LogP contribution is -2.20. The number of halogens is 1. The minimum Gasteiger partial charge on any atom is -0.390 e. The summed E-state index contributed by atoms with van der Waals surface area (Å²) in [5.74, 6) is 0.241. The lowest BCUT2D eigenvalue weighted by molar-refractivity contribution is 0.211. The van der Waals surface area contributed by atoms with E-state index in [4.69, 9.17) is 11.6 Å². The predicted molar refractivity (Wildman–Crippen MR) is 85.8 cm³/mol. The Morgan fingerprint density at radius 2 is 2.26 bits per heavy atom. The molecule has 2 N–H and O–H groups in total. The van der Waals surface area contributed by atoms with Crippen LogP contribution in [0.2, 0.25) is 0 Å². The van der Waals surface area contributed by atoms with E-state index < -0.39 is 6.10 Å². The van der Waals surface area contributed by atoms with E-state index in [0.29, 0.717) is 11.8 Å². The van der Waals surface area contributed by atoms with Gasteiger partial charge in [-0.15, -0.1) is 22.9 Å². The van der Waals surface area contributed by atoms with Gasteiger partial charge in [-0.1, -0.05) is 25.6 Å². The van der Waals surface area contributed by atoms with Crippen LogP contribution in [0.15, 0.2) is 22.5 Å². The Morgan fingerprint density at radius 1 is 1.47 bits per heavy atom. The standard InChI is InChI=1S/C13H17ClN2OS2/c1-8(2)18-13-16-11-4-3-9(5-12(11)19-13)15-7-10(17)6-14/h3-5,8,10,15,17H,6-7H2,1-2H3. The number of aromatic nitrogens is 1. The van der Waals surface area contributed by atoms with Crippen molar-refractivity contribution in [3.63, 3.8) is 0 Å². The Labute approximate surface area is 126 Å². The van der Waals surface area contributed by atoms with Gasteiger partial charge in [0, 0.05) is 17.5 Å². The van der Waals surface area contributed by atoms with Crippen LogP contribution in [0.4, 0.5) is 5.69 Å². The van der Waals surface area contributed by atoms with Crippen LogP contribution in [-0.4, -0.2) is 33.9 Å². The monoisotopic (exact) mass is 316 g/mol. The third-order valence-electron chi connectivity index (χ3n) is 2.43. The Kier molecular flexibility index (Phi) is 5.33. The molecular formula is C13H17ClN2OS2. The molecule has 0 fully saturated rings. The second kappa shape index (κ2) is 6.79. The van der Waals surface area contributed by atoms with Gasteiger partial charge >= 0.3 is 0 Å². The van der Waals surface area contributed by atoms with Crippen molar-refractivity contribution in [3.8, 4) is 0 Å². The number of nitrogens with zero attached hydrogens (tertiary/aromatic N) is 1. The zero-order valence-electron chi connectivity index (χ0n) is 10.9. The molecule has 1 aromatic carbocycles. The molecule has 6 heteroatoms. The minimum absolute atomic E-state index is 0.241. The van der Waals surface area contributed by atoms with Crippen molar-refractivity contribution >= 4 is 50.6 Å². The summed E-state index contributed by atoms with van der Waals surface area (Å²) < 4.78 is 2.26. The molecule has 0 amide bonds. The summed E-state index contributed by atoms with van der Waals surface area (Å²) in [6, 6.07) is 6.05. The van der Waals surface area contributed by atoms with Gasteiger partial charge in [0.1, 0.15) is 0 Å². The van der Waals surface area contributed by atoms with Crippen LogP contribution in [0.5, 0.6) is 0 Å². The maximum Gasteiger partial charge on any atom is 0.151 e. The number of thiazole rings is 1. The molecule has 1 heterocycles. The quantitative estimate of drug-likeness (QED) is 0.628. The molecular weight excluding hydrogens is 300 g/mol. The van der Waals surface area contributed by atoms with Crippen molar-refractivity contribution < 1.29 is 5.11 Å². The molecule has 0 aliphatic carbocycles. The summed E-state index contributed by atoms with van der Waals surface area (Å²) in [6.07, 6.45) is -0.522. The van der Waals surface area contributed by atoms with Crippen LogP contribution in [0, 0.1) is 0 Å². The molecule has 1 unspecified atom stereocenters. The zero-order valence-corrected chi connectivity index (χ0v) is 13.3. The van der Waals surface area contributed by atoms with Gasteiger partial charge in [0.25, 0.3) is 0 Å². The predicted octanol–water partition coefficient (Wildman–Crippen LogP) is 3.81. The van der Waals surface area contributed by atoms with Gasteiger partial charge in [0.15, 0.2) is 4.34 Å². The molecule has 2 aromatic rings. The number of benzene rings is 1. The van der Waals surface area contributed by atoms with Crippen LogP contribution in [-0.2, 0) is 0 Å². The van der Waals surface area contributed by atoms with Gasteiger partial charge in [0.2, 0.25) is 0 Å². The van der Waals surface area contributed by atoms with Gasteiger partial charge < -0.3 is 10.4 Å². The largest absolute Gasteiger partial charge is 0.390 e. The number of alkyl halides is 1. The van der Waals surface area contributed by atoms with Crippen LogP contribution < -0.4 is 5.32 Å². The number of hydrogen-bond donors (Lipinski definition) is 2. The number of thioether (sulfide) groups is 1. The Morgan fingerprint density at radius 3 is 2.95 bits per heavy atom. The summed E-state index contributed by atoms with van der Waals surface area (Å²) in [4.78, 5) is 4.59. The molecule has 0 radical (unpaired) electrons. The first-order chi connectivity index (χ1) is 9.08. The van der Waals surface area contributed by atoms with Gasteiger partial charge in [-0.2, -0.15) is 0 Å². The molecule has 3 nitrogen and oxygen atoms in total. The van der Waals surface area contributed by atoms with Crippen LogP contribution in [0.1, 0.15) is 13.8 Å². The second-order valence-electron chi connectivity index (χ2n) is 4.52. The zero-order chi connectivity index (χ0) is 13.8. The third-order valence-corrected chi connectivity index (χ3v) is 4.90. The highest BCUT2D eigenvalue weighted by atomic mass is 35.5. The second-order valence-corrected chi connectivity index (χ2v) is 7.68. The smallest absolute Gasteiger partial charge is 0.151 e. The molecule has 104 valence electrons. The van der Waals surface area contributed by atoms with E-state index in [-0.39, 0.29) is 5.88 Å². The maximum atomic E-state index is 9.43. The van der Waals surface area contributed by atoms with Crippen molar-refractivity contribution in [2.24, 2.45) is 0 Å². The van der Waals surface area contributed by atoms with E-state index in [2.05, 4.69) is 30.2 Å². The van der Waals surface area contributed by atoms with E-state index in [0.717, 1.165) is 20.2 Å². The van der Waals surface area contributed by atoms with Crippen molar-refractivity contribution in [2.45, 2.75) is 29.5 Å². The number of fused-ring (bicyclic) bond motifs is 1. The average molecular weight is 317 g/mol. The summed E-state index contributed by atoms with van der Waals surface area (Å²) in [6.45, 7) is 4.79. The van der Waals surface area contributed by atoms with Crippen molar-refractivity contribution in [2.75, 3.05) is 17.7 Å². The highest BCUT2D eigenvalue weighted by Gasteiger charge is 2.07. The van der Waals surface area contributed by atoms with Gasteiger partial charge in [0.05, 0.1) is 22.2 Å². The number of aliphatic hydroxyl groups excluding tert-OH is 1. The first kappa shape index (κ1) is 14.9. The summed E-state index contributed by atoms with van der Waals surface area (Å²) >= 11 is 9.05. The number of nitrogens with one attached hydrogen (secondary N) is 1. The fraction of sp³-hybridized carbons (Fsp3) is 0.462. The Hall–Kier alpha value is -0.490. The van der Waals surface area contributed by atoms with Crippen LogP contribution in [0.25, 0.3) is 10.2 Å². The Bertz CT molecular complexity index is 544. The summed E-state index contributed by atoms with van der Waals surface area (Å²) in [7, 11) is 0. The molecule has 1 aromatic heterocycles. The fourth-order valence-electron chi connectivity index (χ4n) is 1.56. The lowest BCUT2D eigenvalue weighted by atomic mass is 10.3. The summed E-state index contributed by atoms with van der Waals surface area (Å²) in [5.41, 5.74) is 2.01. The molecule has 2 rings (SSSR count). The van der Waals surface area contributed by atoms with Gasteiger partial charge in [-0.05, 0) is 18.2 Å². The molecule has 1 atom stereocenters. The number of rotatable bonds is 6. The molecule has 0 bridgehead atoms. The van der Waals surface area contributed by atoms with E-state index >= 15 is 0 Å². The summed E-state index contributed by atoms with van der Waals surface area (Å²) in [5, 5.41) is 13.1. The van der Waals surface area contributed by atoms with Crippen molar-refractivity contribution in [3.05, 3.63) is 18.2 Å². The maximum absolute atomic E-state index is 9.43. The van der Waals surface area contributed by atoms with Crippen LogP contribution in [0.3, 0.4) is 0 Å². The van der Waals surface area contributed by atoms with E-state index in [1.807, 2.05) is 12.1 Å². The first-order valence-corrected chi connectivity index (χ1v) is 8.36. The van der Waals surface area contributed by atoms with Crippen molar-refractivity contribution in [1.29, 1.82) is 0 Å². The number of anilines is 1. The van der Waals surface area contributed by atoms with Crippen molar-refractivity contribution in [1.82, 2.24) is 4.98 Å². The molecule has 0 aliphatic heterocycles. The number of hydrogen-bond acceptors (Lipinski definition) is 5. The van der Waals surface area contributed by atoms with Gasteiger partial charge in [-0.3, -0.25) is 0 Å². The van der Waals surface area contributed by atoms with E-state index in [1.54, 1.807) is 23.1 Å². The third kappa shape index (κ3) is 4.24. The number of aliphatic hydroxyl groups is 1. The first-order valence-electron chi connectivity index (χ1n) is 6.13. The van der Waals surface area contributed by atoms with E-state index in [9.17, 15) is 5.11 Å². The highest BCUT2D eigenvalue weighted by Crippen LogP contribution is 2.33. The molecule has 0 aliphatic rings. The van der Waals surface area contributed by atoms with Gasteiger partial charge in [-0.25, -0.2) is 4.98 Å². The van der Waals surface area contributed by atoms with Crippen LogP contribution >= 0.6 is 34.7 Å². The minimum atomic E-state index is -0.522. The van der Waals surface area contributed by atoms with E-state index in [1.165, 1.54) is 0 Å². The highest BCUT2D eigenvalue weighted by molar-refractivity contribution is 8.01. The topological polar surface area (TPSA) is 45.2 Å². The lowest BCUT2D eigenvalue weighted by Gasteiger charge is -2.09. The Balaban J connectivity index is 2.11. The molecule has 0 saturated carbocycles.